The minimum atomic E-state index is -0.605. The number of carbonyl (C=O) groups is 3. The van der Waals surface area contributed by atoms with Crippen LogP contribution in [0.4, 0.5) is 14.5 Å². The number of amides is 2. The number of rotatable bonds is 11. The number of primary amides is 1. The van der Waals surface area contributed by atoms with Gasteiger partial charge in [-0.05, 0) is 35.9 Å². The predicted octanol–water partition coefficient (Wildman–Crippen LogP) is 3.27. The lowest BCUT2D eigenvalue weighted by molar-refractivity contribution is -0.109. The highest BCUT2D eigenvalue weighted by atomic mass is 35.5. The quantitative estimate of drug-likeness (QED) is 0.109. The number of ether oxygens (including phenoxy) is 1. The number of halogens is 3. The summed E-state index contributed by atoms with van der Waals surface area (Å²) in [6.45, 7) is 0.0154. The molecule has 0 bridgehead atoms. The third-order valence-electron chi connectivity index (χ3n) is 5.83. The second kappa shape index (κ2) is 19.0. The Bertz CT molecular complexity index is 1260. The molecule has 0 radical (unpaired) electrons. The molecule has 2 amide bonds. The Kier molecular flexibility index (Phi) is 16.2. The summed E-state index contributed by atoms with van der Waals surface area (Å²) in [7, 11) is 4.90. The van der Waals surface area contributed by atoms with Crippen molar-refractivity contribution < 1.29 is 27.9 Å². The predicted molar refractivity (Wildman–Crippen MR) is 162 cm³/mol. The highest BCUT2D eigenvalue weighted by Gasteiger charge is 2.36. The molecule has 0 saturated heterocycles. The van der Waals surface area contributed by atoms with E-state index < -0.39 is 11.6 Å². The van der Waals surface area contributed by atoms with Crippen LogP contribution in [0.25, 0.3) is 0 Å². The molecular formula is C28H35ClF2N6O4S. The monoisotopic (exact) mass is 624 g/mol. The molecule has 2 unspecified atom stereocenters. The van der Waals surface area contributed by atoms with Crippen LogP contribution in [0.2, 0.25) is 0 Å². The lowest BCUT2D eigenvalue weighted by Crippen LogP contribution is -2.24. The average molecular weight is 625 g/mol. The fourth-order valence-electron chi connectivity index (χ4n) is 3.60. The second-order valence-electron chi connectivity index (χ2n) is 8.39. The number of aldehydes is 1. The molecule has 0 spiro atoms. The van der Waals surface area contributed by atoms with Crippen molar-refractivity contribution >= 4 is 48.2 Å². The van der Waals surface area contributed by atoms with Crippen LogP contribution in [0.5, 0.6) is 0 Å². The zero-order valence-electron chi connectivity index (χ0n) is 23.4. The van der Waals surface area contributed by atoms with E-state index in [1.807, 2.05) is 31.3 Å². The summed E-state index contributed by atoms with van der Waals surface area (Å²) in [5, 5.41) is 6.30. The van der Waals surface area contributed by atoms with Crippen LogP contribution in [-0.2, 0) is 25.7 Å². The van der Waals surface area contributed by atoms with Gasteiger partial charge in [0.25, 0.3) is 0 Å². The van der Waals surface area contributed by atoms with Crippen molar-refractivity contribution in [1.29, 1.82) is 0 Å². The van der Waals surface area contributed by atoms with Crippen molar-refractivity contribution in [3.8, 4) is 0 Å². The van der Waals surface area contributed by atoms with Gasteiger partial charge >= 0.3 is 0 Å². The molecule has 3 rings (SSSR count). The molecule has 0 saturated carbocycles. The van der Waals surface area contributed by atoms with Crippen molar-refractivity contribution in [2.75, 3.05) is 32.4 Å². The number of hydrogen-bond acceptors (Lipinski definition) is 9. The average Bonchev–Trinajstić information content (AvgIpc) is 3.35. The van der Waals surface area contributed by atoms with Crippen LogP contribution in [0.1, 0.15) is 16.4 Å². The van der Waals surface area contributed by atoms with Crippen LogP contribution in [0.3, 0.4) is 0 Å². The van der Waals surface area contributed by atoms with Gasteiger partial charge in [-0.15, -0.1) is 11.6 Å². The van der Waals surface area contributed by atoms with Gasteiger partial charge in [-0.1, -0.05) is 30.0 Å². The standard InChI is InChI=1S/C14H15ClN2O2S.C13H17F2N3O.CH3NO/c1-16-10-4-2-9(3-5-10)13-11(6-15)12(7-18)14(20-13)17-8-19;1-18(12(16)6-7-13(17)19-2)8-9-10(14)4-3-5-11(9)15;2-1-3/h2-5,7-8,11,13,16H,6H2,1H3,(H,17,19);3-7H,8,16-17H2,1-2H3;1H,(H2,2,3)/b;12-6+,13-7+;. The first kappa shape index (κ1) is 35.8. The van der Waals surface area contributed by atoms with Crippen LogP contribution in [-0.4, -0.2) is 51.1 Å². The Morgan fingerprint density at radius 3 is 2.17 bits per heavy atom. The smallest absolute Gasteiger partial charge is 0.211 e. The number of allylic oxidation sites excluding steroid dienone is 3. The topological polar surface area (TPSA) is 166 Å². The summed E-state index contributed by atoms with van der Waals surface area (Å²) in [6, 6.07) is 11.7. The van der Waals surface area contributed by atoms with Crippen molar-refractivity contribution in [3.05, 3.63) is 99.7 Å². The number of nitrogens with two attached hydrogens (primary N) is 3. The molecule has 0 aliphatic carbocycles. The molecule has 2 atom stereocenters. The first-order valence-electron chi connectivity index (χ1n) is 12.3. The normalized spacial score (nSPS) is 16.2. The fraction of sp³-hybridized carbons (Fsp3) is 0.250. The van der Waals surface area contributed by atoms with E-state index in [4.69, 9.17) is 32.6 Å². The zero-order chi connectivity index (χ0) is 31.7. The molecule has 10 nitrogen and oxygen atoms in total. The summed E-state index contributed by atoms with van der Waals surface area (Å²) < 4.78 is 31.7. The van der Waals surface area contributed by atoms with Crippen molar-refractivity contribution in [1.82, 2.24) is 10.2 Å². The Hall–Kier alpha value is -4.23. The molecule has 1 aliphatic heterocycles. The largest absolute Gasteiger partial charge is 0.483 e. The van der Waals surface area contributed by atoms with Gasteiger partial charge in [0.2, 0.25) is 12.8 Å². The maximum absolute atomic E-state index is 13.5. The number of anilines is 1. The van der Waals surface area contributed by atoms with Gasteiger partial charge in [0.05, 0.1) is 18.0 Å². The van der Waals surface area contributed by atoms with E-state index in [1.165, 1.54) is 54.1 Å². The first-order valence-corrected chi connectivity index (χ1v) is 13.7. The number of nitrogens with one attached hydrogen (secondary N) is 2. The number of hydrogen-bond donors (Lipinski definition) is 5. The van der Waals surface area contributed by atoms with Gasteiger partial charge in [-0.3, -0.25) is 14.4 Å². The molecule has 2 aromatic rings. The lowest BCUT2D eigenvalue weighted by Gasteiger charge is -2.19. The van der Waals surface area contributed by atoms with E-state index in [1.54, 1.807) is 7.05 Å². The molecule has 1 heterocycles. The number of alkyl halides is 1. The van der Waals surface area contributed by atoms with Gasteiger partial charge in [0.1, 0.15) is 17.9 Å². The number of thioether (sulfide) groups is 1. The van der Waals surface area contributed by atoms with E-state index in [-0.39, 0.29) is 35.6 Å². The second-order valence-corrected chi connectivity index (χ2v) is 9.85. The summed E-state index contributed by atoms with van der Waals surface area (Å²) in [4.78, 5) is 32.0. The Labute approximate surface area is 252 Å². The minimum Gasteiger partial charge on any atom is -0.483 e. The van der Waals surface area contributed by atoms with Gasteiger partial charge < -0.3 is 37.5 Å². The van der Waals surface area contributed by atoms with Gasteiger partial charge in [0, 0.05) is 60.6 Å². The van der Waals surface area contributed by atoms with Crippen LogP contribution < -0.4 is 27.8 Å². The maximum Gasteiger partial charge on any atom is 0.211 e. The Morgan fingerprint density at radius 1 is 1.10 bits per heavy atom. The third kappa shape index (κ3) is 10.6. The van der Waals surface area contributed by atoms with Gasteiger partial charge in [-0.2, -0.15) is 0 Å². The lowest BCUT2D eigenvalue weighted by atomic mass is 9.94. The number of benzene rings is 2. The number of carbonyl (C=O) groups excluding carboxylic acids is 3. The van der Waals surface area contributed by atoms with Crippen molar-refractivity contribution in [3.63, 3.8) is 0 Å². The molecule has 1 aliphatic rings. The van der Waals surface area contributed by atoms with Crippen LogP contribution in [0, 0.1) is 17.6 Å². The molecule has 0 fully saturated rings. The molecule has 14 heteroatoms. The Balaban J connectivity index is 0.000000385. The van der Waals surface area contributed by atoms with E-state index in [0.29, 0.717) is 28.7 Å². The van der Waals surface area contributed by atoms with E-state index in [0.717, 1.165) is 17.5 Å². The summed E-state index contributed by atoms with van der Waals surface area (Å²) >= 11 is 7.48. The third-order valence-corrected chi connectivity index (χ3v) is 7.61. The Morgan fingerprint density at radius 2 is 1.69 bits per heavy atom. The molecule has 228 valence electrons. The highest BCUT2D eigenvalue weighted by Crippen LogP contribution is 2.50. The van der Waals surface area contributed by atoms with E-state index in [9.17, 15) is 18.4 Å². The fourth-order valence-corrected chi connectivity index (χ4v) is 5.45. The summed E-state index contributed by atoms with van der Waals surface area (Å²) in [5.41, 5.74) is 18.0. The molecular weight excluding hydrogens is 590 g/mol. The van der Waals surface area contributed by atoms with E-state index >= 15 is 0 Å². The molecule has 42 heavy (non-hydrogen) atoms. The van der Waals surface area contributed by atoms with Crippen LogP contribution in [0.15, 0.2) is 76.9 Å². The first-order chi connectivity index (χ1) is 20.1. The van der Waals surface area contributed by atoms with Crippen LogP contribution >= 0.6 is 23.4 Å². The molecule has 2 aromatic carbocycles. The van der Waals surface area contributed by atoms with Crippen molar-refractivity contribution in [2.24, 2.45) is 23.1 Å². The minimum absolute atomic E-state index is 0.0154. The number of nitrogens with zero attached hydrogens (tertiary/aromatic N) is 1. The summed E-state index contributed by atoms with van der Waals surface area (Å²) in [5.74, 6) is -0.472. The SMILES string of the molecule is CNc1ccc(C2SC(NC=O)=C(C=O)C2CCl)cc1.CO/C(N)=C/C=C(\N)N(C)Cc1c(F)cccc1F.NC=O. The van der Waals surface area contributed by atoms with E-state index in [2.05, 4.69) is 16.4 Å². The number of methoxy groups -OCH3 is 1. The zero-order valence-corrected chi connectivity index (χ0v) is 24.9. The molecule has 0 aromatic heterocycles. The molecule has 8 N–H and O–H groups in total. The van der Waals surface area contributed by atoms with Crippen molar-refractivity contribution in [2.45, 2.75) is 11.8 Å². The van der Waals surface area contributed by atoms with Gasteiger partial charge in [0.15, 0.2) is 5.88 Å². The maximum atomic E-state index is 13.5. The highest BCUT2D eigenvalue weighted by molar-refractivity contribution is 8.03. The summed E-state index contributed by atoms with van der Waals surface area (Å²) in [6.07, 6.45) is 4.58. The van der Waals surface area contributed by atoms with Gasteiger partial charge in [-0.25, -0.2) is 8.78 Å².